The molecule has 0 saturated carbocycles. The van der Waals surface area contributed by atoms with Crippen molar-refractivity contribution in [2.24, 2.45) is 0 Å². The summed E-state index contributed by atoms with van der Waals surface area (Å²) in [5.74, 6) is -1.72. The second kappa shape index (κ2) is 7.67. The number of methoxy groups -OCH3 is 2. The molecule has 0 aromatic heterocycles. The fourth-order valence-corrected chi connectivity index (χ4v) is 2.89. The number of anilines is 1. The van der Waals surface area contributed by atoms with Gasteiger partial charge in [-0.05, 0) is 24.6 Å². The van der Waals surface area contributed by atoms with Gasteiger partial charge in [-0.2, -0.15) is 13.2 Å². The van der Waals surface area contributed by atoms with E-state index in [9.17, 15) is 22.8 Å². The highest BCUT2D eigenvalue weighted by Crippen LogP contribution is 2.39. The van der Waals surface area contributed by atoms with Crippen molar-refractivity contribution in [1.29, 1.82) is 0 Å². The largest absolute Gasteiger partial charge is 0.466 e. The van der Waals surface area contributed by atoms with Crippen molar-refractivity contribution in [2.45, 2.75) is 13.1 Å². The molecule has 0 spiro atoms. The van der Waals surface area contributed by atoms with Gasteiger partial charge in [0, 0.05) is 10.2 Å². The SMILES string of the molecule is COC(=O)C1=C(C(=O)OC)N(c2cc(C(F)(F)F)cc(Br)c2C)COC1. The van der Waals surface area contributed by atoms with Gasteiger partial charge in [0.2, 0.25) is 0 Å². The van der Waals surface area contributed by atoms with Crippen molar-refractivity contribution in [1.82, 2.24) is 0 Å². The molecule has 2 rings (SSSR count). The molecule has 10 heteroatoms. The third-order valence-corrected chi connectivity index (χ3v) is 4.59. The average molecular weight is 438 g/mol. The van der Waals surface area contributed by atoms with Crippen LogP contribution in [0.15, 0.2) is 27.9 Å². The number of hydrogen-bond acceptors (Lipinski definition) is 6. The number of esters is 2. The van der Waals surface area contributed by atoms with Crippen molar-refractivity contribution in [3.05, 3.63) is 39.0 Å². The van der Waals surface area contributed by atoms with Crippen LogP contribution in [0.2, 0.25) is 0 Å². The van der Waals surface area contributed by atoms with Gasteiger partial charge in [-0.25, -0.2) is 9.59 Å². The summed E-state index contributed by atoms with van der Waals surface area (Å²) in [6, 6.07) is 1.82. The van der Waals surface area contributed by atoms with Gasteiger partial charge in [0.15, 0.2) is 0 Å². The third-order valence-electron chi connectivity index (χ3n) is 3.77. The second-order valence-electron chi connectivity index (χ2n) is 5.32. The van der Waals surface area contributed by atoms with Crippen LogP contribution in [-0.2, 0) is 30.0 Å². The second-order valence-corrected chi connectivity index (χ2v) is 6.17. The Hall–Kier alpha value is -2.07. The number of ether oxygens (including phenoxy) is 3. The number of carbonyl (C=O) groups is 2. The van der Waals surface area contributed by atoms with Gasteiger partial charge in [0.05, 0.1) is 32.0 Å². The maximum Gasteiger partial charge on any atom is 0.416 e. The van der Waals surface area contributed by atoms with Crippen LogP contribution in [0.4, 0.5) is 18.9 Å². The van der Waals surface area contributed by atoms with Crippen LogP contribution < -0.4 is 4.90 Å². The summed E-state index contributed by atoms with van der Waals surface area (Å²) in [4.78, 5) is 25.4. The highest BCUT2D eigenvalue weighted by molar-refractivity contribution is 9.10. The van der Waals surface area contributed by atoms with Gasteiger partial charge in [-0.15, -0.1) is 0 Å². The molecule has 1 aromatic rings. The fourth-order valence-electron chi connectivity index (χ4n) is 2.44. The van der Waals surface area contributed by atoms with Gasteiger partial charge in [-0.3, -0.25) is 0 Å². The normalized spacial score (nSPS) is 15.1. The Labute approximate surface area is 155 Å². The van der Waals surface area contributed by atoms with E-state index in [1.165, 1.54) is 0 Å². The first kappa shape index (κ1) is 20.2. The summed E-state index contributed by atoms with van der Waals surface area (Å²) >= 11 is 3.10. The van der Waals surface area contributed by atoms with E-state index in [0.717, 1.165) is 31.3 Å². The summed E-state index contributed by atoms with van der Waals surface area (Å²) in [5.41, 5.74) is -0.805. The molecule has 0 fully saturated rings. The zero-order valence-electron chi connectivity index (χ0n) is 14.1. The number of alkyl halides is 3. The van der Waals surface area contributed by atoms with Crippen LogP contribution in [0, 0.1) is 6.92 Å². The predicted octanol–water partition coefficient (Wildman–Crippen LogP) is 3.17. The van der Waals surface area contributed by atoms with Crippen LogP contribution in [0.3, 0.4) is 0 Å². The molecule has 1 aromatic carbocycles. The predicted molar refractivity (Wildman–Crippen MR) is 88.2 cm³/mol. The average Bonchev–Trinajstić information content (AvgIpc) is 2.60. The minimum absolute atomic E-state index is 0.0493. The van der Waals surface area contributed by atoms with Crippen LogP contribution in [0.1, 0.15) is 11.1 Å². The number of benzene rings is 1. The number of rotatable bonds is 3. The van der Waals surface area contributed by atoms with Crippen molar-refractivity contribution in [2.75, 3.05) is 32.5 Å². The molecule has 0 aliphatic carbocycles. The van der Waals surface area contributed by atoms with Crippen LogP contribution >= 0.6 is 15.9 Å². The van der Waals surface area contributed by atoms with E-state index < -0.39 is 23.7 Å². The quantitative estimate of drug-likeness (QED) is 0.676. The van der Waals surface area contributed by atoms with E-state index in [4.69, 9.17) is 9.47 Å². The molecule has 1 aliphatic heterocycles. The molecule has 0 unspecified atom stereocenters. The van der Waals surface area contributed by atoms with Gasteiger partial charge < -0.3 is 19.1 Å². The van der Waals surface area contributed by atoms with Gasteiger partial charge >= 0.3 is 18.1 Å². The molecule has 0 saturated heterocycles. The molecule has 1 heterocycles. The number of halogens is 4. The summed E-state index contributed by atoms with van der Waals surface area (Å²) in [7, 11) is 2.22. The molecular formula is C16H15BrF3NO5. The van der Waals surface area contributed by atoms with E-state index >= 15 is 0 Å². The van der Waals surface area contributed by atoms with Crippen LogP contribution in [0.25, 0.3) is 0 Å². The molecule has 1 aliphatic rings. The number of hydrogen-bond donors (Lipinski definition) is 0. The van der Waals surface area contributed by atoms with Crippen molar-refractivity contribution in [3.63, 3.8) is 0 Å². The summed E-state index contributed by atoms with van der Waals surface area (Å²) in [5, 5.41) is 0. The molecule has 0 bridgehead atoms. The smallest absolute Gasteiger partial charge is 0.416 e. The molecule has 0 N–H and O–H groups in total. The standard InChI is InChI=1S/C16H15BrF3NO5/c1-8-11(17)4-9(16(18,19)20)5-12(8)21-7-26-6-10(14(22)24-2)13(21)15(23)25-3/h4-5H,6-7H2,1-3H3. The highest BCUT2D eigenvalue weighted by Gasteiger charge is 2.36. The first-order valence-corrected chi connectivity index (χ1v) is 8.03. The zero-order chi connectivity index (χ0) is 19.6. The fraction of sp³-hybridized carbons (Fsp3) is 0.375. The van der Waals surface area contributed by atoms with E-state index in [0.29, 0.717) is 5.56 Å². The van der Waals surface area contributed by atoms with E-state index in [2.05, 4.69) is 20.7 Å². The Balaban J connectivity index is 2.71. The lowest BCUT2D eigenvalue weighted by Gasteiger charge is -2.33. The molecule has 0 amide bonds. The molecule has 0 atom stereocenters. The lowest BCUT2D eigenvalue weighted by Crippen LogP contribution is -2.39. The van der Waals surface area contributed by atoms with Crippen LogP contribution in [-0.4, -0.2) is 39.5 Å². The Morgan fingerprint density at radius 3 is 2.35 bits per heavy atom. The third kappa shape index (κ3) is 3.85. The van der Waals surface area contributed by atoms with Gasteiger partial charge in [-0.1, -0.05) is 15.9 Å². The lowest BCUT2D eigenvalue weighted by molar-refractivity contribution is -0.140. The maximum absolute atomic E-state index is 13.2. The summed E-state index contributed by atoms with van der Waals surface area (Å²) in [6.45, 7) is 1.10. The summed E-state index contributed by atoms with van der Waals surface area (Å²) < 4.78 is 54.3. The Morgan fingerprint density at radius 2 is 1.81 bits per heavy atom. The van der Waals surface area contributed by atoms with E-state index in [-0.39, 0.29) is 34.8 Å². The van der Waals surface area contributed by atoms with E-state index in [1.54, 1.807) is 6.92 Å². The molecule has 0 radical (unpaired) electrons. The first-order valence-electron chi connectivity index (χ1n) is 7.24. The highest BCUT2D eigenvalue weighted by atomic mass is 79.9. The topological polar surface area (TPSA) is 65.1 Å². The van der Waals surface area contributed by atoms with Crippen LogP contribution in [0.5, 0.6) is 0 Å². The molecular weight excluding hydrogens is 423 g/mol. The number of carbonyl (C=O) groups excluding carboxylic acids is 2. The molecule has 6 nitrogen and oxygen atoms in total. The van der Waals surface area contributed by atoms with Gasteiger partial charge in [0.1, 0.15) is 12.4 Å². The maximum atomic E-state index is 13.2. The van der Waals surface area contributed by atoms with E-state index in [1.807, 2.05) is 0 Å². The minimum Gasteiger partial charge on any atom is -0.466 e. The first-order chi connectivity index (χ1) is 12.1. The van der Waals surface area contributed by atoms with Gasteiger partial charge in [0.25, 0.3) is 0 Å². The molecule has 26 heavy (non-hydrogen) atoms. The van der Waals surface area contributed by atoms with Crippen molar-refractivity contribution in [3.8, 4) is 0 Å². The Bertz CT molecular complexity index is 776. The Morgan fingerprint density at radius 1 is 1.19 bits per heavy atom. The minimum atomic E-state index is -4.60. The van der Waals surface area contributed by atoms with Crippen molar-refractivity contribution < 1.29 is 37.0 Å². The monoisotopic (exact) mass is 437 g/mol. The molecule has 142 valence electrons. The van der Waals surface area contributed by atoms with Crippen molar-refractivity contribution >= 4 is 33.6 Å². The zero-order valence-corrected chi connectivity index (χ0v) is 15.7. The summed E-state index contributed by atoms with van der Waals surface area (Å²) in [6.07, 6.45) is -4.60. The Kier molecular flexibility index (Phi) is 5.97. The lowest BCUT2D eigenvalue weighted by atomic mass is 10.1. The number of nitrogens with zero attached hydrogens (tertiary/aromatic N) is 1.